The Morgan fingerprint density at radius 1 is 1.10 bits per heavy atom. The first-order valence-electron chi connectivity index (χ1n) is 9.25. The first-order chi connectivity index (χ1) is 14.0. The van der Waals surface area contributed by atoms with Gasteiger partial charge in [-0.3, -0.25) is 19.3 Å². The molecule has 8 heteroatoms. The summed E-state index contributed by atoms with van der Waals surface area (Å²) < 4.78 is 10.7. The van der Waals surface area contributed by atoms with E-state index in [2.05, 4.69) is 10.6 Å². The zero-order valence-electron chi connectivity index (χ0n) is 16.3. The van der Waals surface area contributed by atoms with Crippen molar-refractivity contribution in [1.29, 1.82) is 0 Å². The molecule has 1 atom stereocenters. The van der Waals surface area contributed by atoms with Crippen LogP contribution in [0.5, 0.6) is 11.5 Å². The van der Waals surface area contributed by atoms with Crippen molar-refractivity contribution in [3.05, 3.63) is 54.1 Å². The second-order valence-electron chi connectivity index (χ2n) is 6.49. The maximum atomic E-state index is 12.4. The third kappa shape index (κ3) is 4.84. The van der Waals surface area contributed by atoms with E-state index in [1.54, 1.807) is 49.4 Å². The van der Waals surface area contributed by atoms with Gasteiger partial charge in [0.05, 0.1) is 12.8 Å². The van der Waals surface area contributed by atoms with Crippen molar-refractivity contribution in [2.45, 2.75) is 13.0 Å². The molecule has 1 unspecified atom stereocenters. The number of carbonyl (C=O) groups excluding carboxylic acids is 3. The van der Waals surface area contributed by atoms with Gasteiger partial charge in [0.25, 0.3) is 11.8 Å². The Morgan fingerprint density at radius 3 is 2.66 bits per heavy atom. The standard InChI is InChI=1S/C21H23N3O5/c1-14-21(27)24(17-8-3-4-9-18(17)29-14)13-19(25)22-10-11-23-20(26)15-6-5-7-16(12-15)28-2/h3-9,12,14H,10-11,13H2,1-2H3,(H,22,25)(H,23,26). The Kier molecular flexibility index (Phi) is 6.33. The van der Waals surface area contributed by atoms with Crippen molar-refractivity contribution < 1.29 is 23.9 Å². The van der Waals surface area contributed by atoms with Crippen molar-refractivity contribution in [2.75, 3.05) is 31.6 Å². The van der Waals surface area contributed by atoms with E-state index < -0.39 is 6.10 Å². The molecule has 0 saturated carbocycles. The first-order valence-corrected chi connectivity index (χ1v) is 9.25. The van der Waals surface area contributed by atoms with Crippen molar-refractivity contribution in [1.82, 2.24) is 10.6 Å². The van der Waals surface area contributed by atoms with E-state index in [0.29, 0.717) is 22.7 Å². The Bertz CT molecular complexity index is 915. The van der Waals surface area contributed by atoms with Crippen LogP contribution in [0.25, 0.3) is 0 Å². The lowest BCUT2D eigenvalue weighted by atomic mass is 10.2. The molecule has 152 valence electrons. The van der Waals surface area contributed by atoms with Crippen LogP contribution in [0, 0.1) is 0 Å². The smallest absolute Gasteiger partial charge is 0.268 e. The molecule has 1 heterocycles. The largest absolute Gasteiger partial charge is 0.497 e. The lowest BCUT2D eigenvalue weighted by molar-refractivity contribution is -0.128. The predicted molar refractivity (Wildman–Crippen MR) is 107 cm³/mol. The fraction of sp³-hybridized carbons (Fsp3) is 0.286. The minimum absolute atomic E-state index is 0.118. The zero-order chi connectivity index (χ0) is 20.8. The van der Waals surface area contributed by atoms with Gasteiger partial charge in [-0.25, -0.2) is 0 Å². The molecule has 0 spiro atoms. The van der Waals surface area contributed by atoms with Crippen LogP contribution in [-0.4, -0.2) is 50.6 Å². The number of amides is 3. The van der Waals surface area contributed by atoms with Crippen LogP contribution in [0.4, 0.5) is 5.69 Å². The van der Waals surface area contributed by atoms with Crippen LogP contribution >= 0.6 is 0 Å². The Balaban J connectivity index is 1.49. The monoisotopic (exact) mass is 397 g/mol. The first kappa shape index (κ1) is 20.2. The van der Waals surface area contributed by atoms with Gasteiger partial charge in [-0.2, -0.15) is 0 Å². The van der Waals surface area contributed by atoms with Crippen molar-refractivity contribution in [3.8, 4) is 11.5 Å². The molecule has 1 aliphatic rings. The lowest BCUT2D eigenvalue weighted by Gasteiger charge is -2.32. The lowest BCUT2D eigenvalue weighted by Crippen LogP contribution is -2.49. The molecule has 0 saturated heterocycles. The number of hydrogen-bond donors (Lipinski definition) is 2. The average Bonchev–Trinajstić information content (AvgIpc) is 2.74. The fourth-order valence-electron chi connectivity index (χ4n) is 2.97. The van der Waals surface area contributed by atoms with Crippen molar-refractivity contribution >= 4 is 23.4 Å². The Labute approximate surface area is 168 Å². The Morgan fingerprint density at radius 2 is 1.86 bits per heavy atom. The maximum absolute atomic E-state index is 12.4. The van der Waals surface area contributed by atoms with E-state index in [1.165, 1.54) is 12.0 Å². The highest BCUT2D eigenvalue weighted by molar-refractivity contribution is 6.03. The minimum Gasteiger partial charge on any atom is -0.497 e. The molecule has 2 aromatic rings. The number of para-hydroxylation sites is 2. The normalized spacial score (nSPS) is 15.2. The molecule has 29 heavy (non-hydrogen) atoms. The number of ether oxygens (including phenoxy) is 2. The molecule has 3 rings (SSSR count). The summed E-state index contributed by atoms with van der Waals surface area (Å²) in [6.45, 7) is 2.03. The van der Waals surface area contributed by atoms with Gasteiger partial charge in [0.1, 0.15) is 18.0 Å². The van der Waals surface area contributed by atoms with E-state index >= 15 is 0 Å². The van der Waals surface area contributed by atoms with Gasteiger partial charge < -0.3 is 20.1 Å². The summed E-state index contributed by atoms with van der Waals surface area (Å²) in [6.07, 6.45) is -0.653. The van der Waals surface area contributed by atoms with Gasteiger partial charge in [0.2, 0.25) is 5.91 Å². The summed E-state index contributed by atoms with van der Waals surface area (Å²) >= 11 is 0. The van der Waals surface area contributed by atoms with Crippen LogP contribution in [0.1, 0.15) is 17.3 Å². The van der Waals surface area contributed by atoms with E-state index in [0.717, 1.165) is 0 Å². The number of hydrogen-bond acceptors (Lipinski definition) is 5. The van der Waals surface area contributed by atoms with E-state index in [9.17, 15) is 14.4 Å². The third-order valence-electron chi connectivity index (χ3n) is 4.44. The molecular formula is C21H23N3O5. The number of benzene rings is 2. The molecular weight excluding hydrogens is 374 g/mol. The molecule has 0 radical (unpaired) electrons. The fourth-order valence-corrected chi connectivity index (χ4v) is 2.97. The van der Waals surface area contributed by atoms with Crippen molar-refractivity contribution in [3.63, 3.8) is 0 Å². The number of fused-ring (bicyclic) bond motifs is 1. The number of carbonyl (C=O) groups is 3. The summed E-state index contributed by atoms with van der Waals surface area (Å²) in [6, 6.07) is 13.9. The topological polar surface area (TPSA) is 97.0 Å². The van der Waals surface area contributed by atoms with Crippen LogP contribution in [0.2, 0.25) is 0 Å². The average molecular weight is 397 g/mol. The SMILES string of the molecule is COc1cccc(C(=O)NCCNC(=O)CN2C(=O)C(C)Oc3ccccc32)c1. The van der Waals surface area contributed by atoms with Gasteiger partial charge in [0, 0.05) is 18.7 Å². The summed E-state index contributed by atoms with van der Waals surface area (Å²) in [7, 11) is 1.53. The Hall–Kier alpha value is -3.55. The van der Waals surface area contributed by atoms with Crippen LogP contribution in [0.15, 0.2) is 48.5 Å². The second kappa shape index (κ2) is 9.09. The molecule has 0 bridgehead atoms. The molecule has 3 amide bonds. The molecule has 2 N–H and O–H groups in total. The molecule has 8 nitrogen and oxygen atoms in total. The summed E-state index contributed by atoms with van der Waals surface area (Å²) in [5, 5.41) is 5.44. The molecule has 1 aliphatic heterocycles. The summed E-state index contributed by atoms with van der Waals surface area (Å²) in [4.78, 5) is 38.3. The highest BCUT2D eigenvalue weighted by Gasteiger charge is 2.32. The number of nitrogens with one attached hydrogen (secondary N) is 2. The van der Waals surface area contributed by atoms with E-state index in [4.69, 9.17) is 9.47 Å². The molecule has 0 fully saturated rings. The number of methoxy groups -OCH3 is 1. The van der Waals surface area contributed by atoms with Crippen LogP contribution in [-0.2, 0) is 9.59 Å². The quantitative estimate of drug-likeness (QED) is 0.688. The van der Waals surface area contributed by atoms with Gasteiger partial charge in [0.15, 0.2) is 6.10 Å². The van der Waals surface area contributed by atoms with Gasteiger partial charge in [-0.1, -0.05) is 18.2 Å². The van der Waals surface area contributed by atoms with E-state index in [-0.39, 0.29) is 37.4 Å². The highest BCUT2D eigenvalue weighted by Crippen LogP contribution is 2.33. The van der Waals surface area contributed by atoms with Crippen LogP contribution in [0.3, 0.4) is 0 Å². The predicted octanol–water partition coefficient (Wildman–Crippen LogP) is 1.36. The third-order valence-corrected chi connectivity index (χ3v) is 4.44. The van der Waals surface area contributed by atoms with E-state index in [1.807, 2.05) is 6.07 Å². The molecule has 0 aliphatic carbocycles. The maximum Gasteiger partial charge on any atom is 0.268 e. The second-order valence-corrected chi connectivity index (χ2v) is 6.49. The summed E-state index contributed by atoms with van der Waals surface area (Å²) in [5.74, 6) is 0.306. The molecule has 0 aromatic heterocycles. The molecule has 2 aromatic carbocycles. The van der Waals surface area contributed by atoms with Crippen LogP contribution < -0.4 is 25.0 Å². The van der Waals surface area contributed by atoms with Gasteiger partial charge in [-0.05, 0) is 37.3 Å². The number of anilines is 1. The van der Waals surface area contributed by atoms with Crippen molar-refractivity contribution in [2.24, 2.45) is 0 Å². The number of rotatable bonds is 7. The highest BCUT2D eigenvalue weighted by atomic mass is 16.5. The minimum atomic E-state index is -0.653. The zero-order valence-corrected chi connectivity index (χ0v) is 16.3. The van der Waals surface area contributed by atoms with Gasteiger partial charge >= 0.3 is 0 Å². The summed E-state index contributed by atoms with van der Waals surface area (Å²) in [5.41, 5.74) is 1.04. The van der Waals surface area contributed by atoms with Gasteiger partial charge in [-0.15, -0.1) is 0 Å². The number of nitrogens with zero attached hydrogens (tertiary/aromatic N) is 1.